The minimum Gasteiger partial charge on any atom is -0.508 e. The number of anilines is 2. The lowest BCUT2D eigenvalue weighted by Crippen LogP contribution is -2.43. The molecule has 2 aromatic carbocycles. The molecule has 5 aromatic rings. The minimum atomic E-state index is -2.34. The zero-order chi connectivity index (χ0) is 42.0. The first-order valence-electron chi connectivity index (χ1n) is 20.5. The van der Waals surface area contributed by atoms with Crippen LogP contribution < -0.4 is 20.1 Å². The Kier molecular flexibility index (Phi) is 10.6. The Morgan fingerprint density at radius 2 is 1.75 bits per heavy atom. The van der Waals surface area contributed by atoms with Gasteiger partial charge in [0.25, 0.3) is 0 Å². The van der Waals surface area contributed by atoms with Gasteiger partial charge in [-0.3, -0.25) is 9.88 Å². The topological polar surface area (TPSA) is 136 Å². The number of ether oxygens (including phenoxy) is 2. The number of nitrogens with zero attached hydrogens (tertiary/aromatic N) is 7. The number of aromatic nitrogens is 5. The molecule has 3 aromatic heterocycles. The van der Waals surface area contributed by atoms with Gasteiger partial charge in [0, 0.05) is 36.3 Å². The quantitative estimate of drug-likeness (QED) is 0.109. The van der Waals surface area contributed by atoms with Crippen LogP contribution in [0.4, 0.5) is 24.8 Å². The number of nitrogens with two attached hydrogens (primary N) is 1. The van der Waals surface area contributed by atoms with Crippen molar-refractivity contribution < 1.29 is 27.8 Å². The Morgan fingerprint density at radius 3 is 2.47 bits per heavy atom. The number of aromatic hydroxyl groups is 1. The number of phenols is 1. The number of halogens is 3. The summed E-state index contributed by atoms with van der Waals surface area (Å²) in [7, 11) is -2.34. The van der Waals surface area contributed by atoms with Crippen LogP contribution in [-0.2, 0) is 0 Å². The molecule has 8 rings (SSSR count). The maximum Gasteiger partial charge on any atom is 0.319 e. The van der Waals surface area contributed by atoms with Crippen molar-refractivity contribution in [2.45, 2.75) is 102 Å². The fourth-order valence-electron chi connectivity index (χ4n) is 10.2. The van der Waals surface area contributed by atoms with E-state index in [-0.39, 0.29) is 93.4 Å². The van der Waals surface area contributed by atoms with Crippen LogP contribution in [0.3, 0.4) is 0 Å². The van der Waals surface area contributed by atoms with Crippen molar-refractivity contribution in [1.82, 2.24) is 29.8 Å². The van der Waals surface area contributed by atoms with E-state index in [0.29, 0.717) is 29.4 Å². The molecule has 3 aliphatic rings. The zero-order valence-electron chi connectivity index (χ0n) is 34.6. The van der Waals surface area contributed by atoms with Crippen LogP contribution >= 0.6 is 0 Å². The number of pyridine rings is 1. The van der Waals surface area contributed by atoms with Crippen LogP contribution in [0.5, 0.6) is 17.6 Å². The van der Waals surface area contributed by atoms with Gasteiger partial charge in [-0.15, -0.1) is 5.54 Å². The molecule has 0 amide bonds. The molecule has 3 N–H and O–H groups in total. The van der Waals surface area contributed by atoms with Crippen molar-refractivity contribution in [3.63, 3.8) is 0 Å². The molecule has 6 heterocycles. The molecule has 2 saturated heterocycles. The van der Waals surface area contributed by atoms with E-state index >= 15 is 8.78 Å². The van der Waals surface area contributed by atoms with Gasteiger partial charge in [-0.25, -0.2) is 23.1 Å². The molecule has 0 aliphatic carbocycles. The summed E-state index contributed by atoms with van der Waals surface area (Å²) in [5.74, 6) is 2.22. The molecule has 0 spiro atoms. The summed E-state index contributed by atoms with van der Waals surface area (Å²) < 4.78 is 61.3. The number of hydrogen-bond acceptors (Lipinski definition) is 11. The highest BCUT2D eigenvalue weighted by Crippen LogP contribution is 2.46. The summed E-state index contributed by atoms with van der Waals surface area (Å²) in [5.41, 5.74) is 10.6. The van der Waals surface area contributed by atoms with Gasteiger partial charge in [0.15, 0.2) is 5.82 Å². The molecular formula is C44H51F3N8O3Si. The molecule has 0 bridgehead atoms. The van der Waals surface area contributed by atoms with Crippen molar-refractivity contribution >= 4 is 41.4 Å². The van der Waals surface area contributed by atoms with E-state index < -0.39 is 37.5 Å². The molecule has 11 nitrogen and oxygen atoms in total. The summed E-state index contributed by atoms with van der Waals surface area (Å²) in [5, 5.41) is 12.0. The molecule has 59 heavy (non-hydrogen) atoms. The van der Waals surface area contributed by atoms with Gasteiger partial charge in [0.2, 0.25) is 5.88 Å². The first-order chi connectivity index (χ1) is 28.1. The molecule has 0 saturated carbocycles. The number of alkyl halides is 1. The van der Waals surface area contributed by atoms with Crippen molar-refractivity contribution in [3.8, 4) is 40.4 Å². The summed E-state index contributed by atoms with van der Waals surface area (Å²) >= 11 is 0. The van der Waals surface area contributed by atoms with Crippen LogP contribution in [0.15, 0.2) is 36.7 Å². The Hall–Kier alpha value is -5.20. The Balaban J connectivity index is 1.35. The normalized spacial score (nSPS) is 19.9. The smallest absolute Gasteiger partial charge is 0.319 e. The lowest BCUT2D eigenvalue weighted by molar-refractivity contribution is 0.107. The van der Waals surface area contributed by atoms with Crippen molar-refractivity contribution in [3.05, 3.63) is 59.6 Å². The summed E-state index contributed by atoms with van der Waals surface area (Å²) in [6, 6.07) is 5.13. The molecule has 310 valence electrons. The predicted octanol–water partition coefficient (Wildman–Crippen LogP) is 8.69. The van der Waals surface area contributed by atoms with E-state index in [1.54, 1.807) is 12.3 Å². The number of rotatable bonds is 9. The van der Waals surface area contributed by atoms with Crippen molar-refractivity contribution in [2.75, 3.05) is 43.5 Å². The predicted molar refractivity (Wildman–Crippen MR) is 226 cm³/mol. The average molecular weight is 825 g/mol. The van der Waals surface area contributed by atoms with Gasteiger partial charge in [-0.05, 0) is 66.5 Å². The average Bonchev–Trinajstić information content (AvgIpc) is 3.65. The summed E-state index contributed by atoms with van der Waals surface area (Å²) in [6.45, 7) is 16.6. The third-order valence-electron chi connectivity index (χ3n) is 13.0. The van der Waals surface area contributed by atoms with E-state index in [2.05, 4.69) is 72.9 Å². The van der Waals surface area contributed by atoms with Crippen LogP contribution in [0.25, 0.3) is 32.9 Å². The first-order valence-corrected chi connectivity index (χ1v) is 22.8. The molecule has 0 radical (unpaired) electrons. The van der Waals surface area contributed by atoms with Gasteiger partial charge >= 0.3 is 6.01 Å². The molecule has 2 fully saturated rings. The zero-order valence-corrected chi connectivity index (χ0v) is 35.6. The van der Waals surface area contributed by atoms with Crippen molar-refractivity contribution in [1.29, 1.82) is 0 Å². The van der Waals surface area contributed by atoms with Gasteiger partial charge in [-0.2, -0.15) is 9.97 Å². The SMILES string of the molecule is CC(c1nccnc1N)N1CCOc2nc(-c3cc(O)cc4ccc(F)c(C#C[Si](C(C)C)(C(C)C)C(C)C)c34)c(F)c3nc(OC[C@@]45CCCN4C[C@H](F)C5)nc1c23. The standard InChI is InChI=1S/C44H51F3N8O3Si/c1-24(2)59(25(3)4,26(5)6)18-11-31-33(46)10-9-28-19-30(56)20-32(34(28)31)38-36(47)39-35-41(53-43(52-39)58-23-44-12-8-15-54(44)22-29(45)21-44)55(16-17-57-42(35)51-38)27(7)37-40(48)50-14-13-49-37/h9-10,13-14,19-20,24-27,29,56H,8,12,15-17,21-23H2,1-7H3,(H2,48,50)/t27?,29-,44+/m1/s1. The third-order valence-corrected chi connectivity index (χ3v) is 19.3. The van der Waals surface area contributed by atoms with Crippen LogP contribution in [0.1, 0.15) is 85.0 Å². The molecule has 3 atom stereocenters. The number of hydrogen-bond donors (Lipinski definition) is 2. The van der Waals surface area contributed by atoms with Crippen molar-refractivity contribution in [2.24, 2.45) is 0 Å². The van der Waals surface area contributed by atoms with E-state index in [1.807, 2.05) is 11.8 Å². The fourth-order valence-corrected chi connectivity index (χ4v) is 15.4. The highest BCUT2D eigenvalue weighted by Gasteiger charge is 2.49. The summed E-state index contributed by atoms with van der Waals surface area (Å²) in [4.78, 5) is 27.0. The number of nitrogen functional groups attached to an aromatic ring is 1. The van der Waals surface area contributed by atoms with Gasteiger partial charge in [-0.1, -0.05) is 53.5 Å². The number of benzene rings is 2. The van der Waals surface area contributed by atoms with E-state index in [1.165, 1.54) is 24.4 Å². The van der Waals surface area contributed by atoms with Crippen LogP contribution in [0.2, 0.25) is 16.6 Å². The fraction of sp³-hybridized carbons (Fsp3) is 0.477. The molecule has 1 unspecified atom stereocenters. The second-order valence-corrected chi connectivity index (χ2v) is 22.8. The van der Waals surface area contributed by atoms with Gasteiger partial charge < -0.3 is 25.2 Å². The highest BCUT2D eigenvalue weighted by molar-refractivity contribution is 6.90. The third kappa shape index (κ3) is 6.87. The second-order valence-electron chi connectivity index (χ2n) is 17.2. The van der Waals surface area contributed by atoms with Gasteiger partial charge in [0.05, 0.1) is 23.7 Å². The maximum atomic E-state index is 17.7. The number of fused-ring (bicyclic) bond motifs is 2. The summed E-state index contributed by atoms with van der Waals surface area (Å²) in [6.07, 6.45) is 4.07. The maximum absolute atomic E-state index is 17.7. The molecular weight excluding hydrogens is 774 g/mol. The molecule has 15 heteroatoms. The molecule has 3 aliphatic heterocycles. The minimum absolute atomic E-state index is 0.0442. The van der Waals surface area contributed by atoms with Crippen LogP contribution in [-0.4, -0.2) is 87.6 Å². The van der Waals surface area contributed by atoms with Crippen LogP contribution in [0, 0.1) is 23.1 Å². The highest BCUT2D eigenvalue weighted by atomic mass is 28.3. The lowest BCUT2D eigenvalue weighted by atomic mass is 9.95. The van der Waals surface area contributed by atoms with E-state index in [9.17, 15) is 9.50 Å². The Morgan fingerprint density at radius 1 is 1.00 bits per heavy atom. The van der Waals surface area contributed by atoms with E-state index in [4.69, 9.17) is 25.2 Å². The largest absolute Gasteiger partial charge is 0.508 e. The second kappa shape index (κ2) is 15.4. The lowest BCUT2D eigenvalue weighted by Gasteiger charge is -2.38. The Labute approximate surface area is 343 Å². The first kappa shape index (κ1) is 40.6. The van der Waals surface area contributed by atoms with E-state index in [0.717, 1.165) is 19.4 Å². The Bertz CT molecular complexity index is 2490. The van der Waals surface area contributed by atoms with Gasteiger partial charge in [0.1, 0.15) is 73.0 Å². The number of phenolic OH excluding ortho intramolecular Hbond substituents is 1. The monoisotopic (exact) mass is 824 g/mol.